The van der Waals surface area contributed by atoms with Gasteiger partial charge < -0.3 is 22.1 Å². The minimum atomic E-state index is -4.56. The smallest absolute Gasteiger partial charge is 0.399 e. The average Bonchev–Trinajstić information content (AvgIpc) is 2.76. The predicted octanol–water partition coefficient (Wildman–Crippen LogP) is 4.31. The SMILES string of the molecule is CC(C)Nc1ccc(-c2cc(N)cc(C(F)(F)F)c2)c(CC(=O)NCc2ccc(C(=N)N)cc2)n1. The molecule has 3 rings (SSSR count). The Bertz CT molecular complexity index is 1220. The van der Waals surface area contributed by atoms with Gasteiger partial charge in [-0.3, -0.25) is 10.2 Å². The van der Waals surface area contributed by atoms with Gasteiger partial charge in [-0.05, 0) is 55.3 Å². The Morgan fingerprint density at radius 3 is 2.37 bits per heavy atom. The Morgan fingerprint density at radius 2 is 1.77 bits per heavy atom. The molecule has 0 aliphatic rings. The number of nitrogens with zero attached hydrogens (tertiary/aromatic N) is 1. The summed E-state index contributed by atoms with van der Waals surface area (Å²) in [5.74, 6) is 0.103. The Kier molecular flexibility index (Phi) is 7.63. The highest BCUT2D eigenvalue weighted by atomic mass is 19.4. The Hall–Kier alpha value is -4.08. The molecule has 7 N–H and O–H groups in total. The number of anilines is 2. The number of rotatable bonds is 8. The number of nitrogens with one attached hydrogen (secondary N) is 3. The van der Waals surface area contributed by atoms with E-state index in [0.29, 0.717) is 22.6 Å². The van der Waals surface area contributed by atoms with Gasteiger partial charge in [0.05, 0.1) is 17.7 Å². The molecule has 1 amide bonds. The molecule has 2 aromatic carbocycles. The van der Waals surface area contributed by atoms with Crippen LogP contribution in [0.1, 0.15) is 36.2 Å². The second-order valence-corrected chi connectivity index (χ2v) is 8.40. The second-order valence-electron chi connectivity index (χ2n) is 8.40. The highest BCUT2D eigenvalue weighted by Gasteiger charge is 2.31. The monoisotopic (exact) mass is 484 g/mol. The molecule has 0 saturated carbocycles. The molecule has 0 aliphatic carbocycles. The van der Waals surface area contributed by atoms with Crippen LogP contribution < -0.4 is 22.1 Å². The van der Waals surface area contributed by atoms with Gasteiger partial charge in [-0.25, -0.2) is 4.98 Å². The van der Waals surface area contributed by atoms with Gasteiger partial charge >= 0.3 is 6.18 Å². The first-order chi connectivity index (χ1) is 16.4. The molecule has 0 bridgehead atoms. The quantitative estimate of drug-likeness (QED) is 0.185. The van der Waals surface area contributed by atoms with Gasteiger partial charge in [0, 0.05) is 29.4 Å². The average molecular weight is 485 g/mol. The Labute approximate surface area is 201 Å². The van der Waals surface area contributed by atoms with E-state index in [1.54, 1.807) is 36.4 Å². The van der Waals surface area contributed by atoms with Crippen molar-refractivity contribution in [3.63, 3.8) is 0 Å². The van der Waals surface area contributed by atoms with E-state index < -0.39 is 11.7 Å². The van der Waals surface area contributed by atoms with E-state index in [0.717, 1.165) is 17.7 Å². The summed E-state index contributed by atoms with van der Waals surface area (Å²) in [6.07, 6.45) is -4.71. The minimum absolute atomic E-state index is 0.0383. The zero-order valence-corrected chi connectivity index (χ0v) is 19.3. The fourth-order valence-corrected chi connectivity index (χ4v) is 3.46. The summed E-state index contributed by atoms with van der Waals surface area (Å²) in [4.78, 5) is 17.2. The topological polar surface area (TPSA) is 130 Å². The van der Waals surface area contributed by atoms with Gasteiger partial charge in [0.1, 0.15) is 11.7 Å². The number of carbonyl (C=O) groups is 1. The number of aromatic nitrogens is 1. The molecule has 1 heterocycles. The van der Waals surface area contributed by atoms with Crippen molar-refractivity contribution >= 4 is 23.2 Å². The van der Waals surface area contributed by atoms with Crippen molar-refractivity contribution in [2.75, 3.05) is 11.1 Å². The molecule has 0 saturated heterocycles. The number of halogens is 3. The third-order valence-electron chi connectivity index (χ3n) is 5.09. The molecule has 0 radical (unpaired) electrons. The largest absolute Gasteiger partial charge is 0.416 e. The second kappa shape index (κ2) is 10.5. The van der Waals surface area contributed by atoms with E-state index in [9.17, 15) is 18.0 Å². The number of carbonyl (C=O) groups excluding carboxylic acids is 1. The number of nitrogens with two attached hydrogens (primary N) is 2. The maximum Gasteiger partial charge on any atom is 0.416 e. The number of hydrogen-bond acceptors (Lipinski definition) is 5. The highest BCUT2D eigenvalue weighted by molar-refractivity contribution is 5.94. The number of hydrogen-bond donors (Lipinski definition) is 5. The summed E-state index contributed by atoms with van der Waals surface area (Å²) in [7, 11) is 0. The minimum Gasteiger partial charge on any atom is -0.399 e. The third kappa shape index (κ3) is 6.95. The summed E-state index contributed by atoms with van der Waals surface area (Å²) in [5.41, 5.74) is 12.6. The van der Waals surface area contributed by atoms with Gasteiger partial charge in [0.15, 0.2) is 0 Å². The summed E-state index contributed by atoms with van der Waals surface area (Å²) in [6.45, 7) is 4.08. The lowest BCUT2D eigenvalue weighted by molar-refractivity contribution is -0.137. The van der Waals surface area contributed by atoms with Crippen LogP contribution in [0.5, 0.6) is 0 Å². The van der Waals surface area contributed by atoms with Crippen LogP contribution in [0.25, 0.3) is 11.1 Å². The number of benzene rings is 2. The van der Waals surface area contributed by atoms with E-state index in [2.05, 4.69) is 15.6 Å². The zero-order chi connectivity index (χ0) is 25.8. The lowest BCUT2D eigenvalue weighted by Gasteiger charge is -2.16. The van der Waals surface area contributed by atoms with Crippen LogP contribution in [0.4, 0.5) is 24.7 Å². The van der Waals surface area contributed by atoms with Crippen molar-refractivity contribution in [1.82, 2.24) is 10.3 Å². The van der Waals surface area contributed by atoms with Gasteiger partial charge in [-0.15, -0.1) is 0 Å². The predicted molar refractivity (Wildman–Crippen MR) is 131 cm³/mol. The molecule has 10 heteroatoms. The first-order valence-electron chi connectivity index (χ1n) is 10.9. The van der Waals surface area contributed by atoms with E-state index in [1.165, 1.54) is 6.07 Å². The molecule has 0 fully saturated rings. The molecule has 184 valence electrons. The molecule has 1 aromatic heterocycles. The first kappa shape index (κ1) is 25.5. The highest BCUT2D eigenvalue weighted by Crippen LogP contribution is 2.35. The third-order valence-corrected chi connectivity index (χ3v) is 5.09. The van der Waals surface area contributed by atoms with E-state index in [-0.39, 0.29) is 42.0 Å². The number of nitrogen functional groups attached to an aromatic ring is 2. The normalized spacial score (nSPS) is 11.4. The number of amides is 1. The summed E-state index contributed by atoms with van der Waals surface area (Å²) in [5, 5.41) is 13.4. The van der Waals surface area contributed by atoms with Crippen LogP contribution in [-0.4, -0.2) is 22.8 Å². The van der Waals surface area contributed by atoms with Crippen molar-refractivity contribution < 1.29 is 18.0 Å². The molecule has 0 atom stereocenters. The van der Waals surface area contributed by atoms with Crippen molar-refractivity contribution in [2.45, 2.75) is 39.0 Å². The molecule has 35 heavy (non-hydrogen) atoms. The molecule has 3 aromatic rings. The number of alkyl halides is 3. The molecule has 7 nitrogen and oxygen atoms in total. The van der Waals surface area contributed by atoms with Crippen LogP contribution in [0.3, 0.4) is 0 Å². The number of pyridine rings is 1. The van der Waals surface area contributed by atoms with Crippen LogP contribution in [-0.2, 0) is 23.9 Å². The van der Waals surface area contributed by atoms with Crippen molar-refractivity contribution in [3.05, 3.63) is 77.0 Å². The van der Waals surface area contributed by atoms with Gasteiger partial charge in [0.25, 0.3) is 0 Å². The lowest BCUT2D eigenvalue weighted by Crippen LogP contribution is -2.25. The molecule has 0 unspecified atom stereocenters. The fraction of sp³-hybridized carbons (Fsp3) is 0.240. The number of amidine groups is 1. The van der Waals surface area contributed by atoms with Gasteiger partial charge in [-0.2, -0.15) is 13.2 Å². The molecule has 0 spiro atoms. The van der Waals surface area contributed by atoms with Gasteiger partial charge in [-0.1, -0.05) is 24.3 Å². The molecule has 0 aliphatic heterocycles. The standard InChI is InChI=1S/C25H27F3N6O/c1-14(2)33-22-8-7-20(17-9-18(25(26,27)28)11-19(29)10-17)21(34-22)12-23(35)32-13-15-3-5-16(6-4-15)24(30)31/h3-11,14H,12-13,29H2,1-2H3,(H3,30,31)(H,32,35)(H,33,34). The lowest BCUT2D eigenvalue weighted by atomic mass is 9.98. The van der Waals surface area contributed by atoms with E-state index in [4.69, 9.17) is 16.9 Å². The first-order valence-corrected chi connectivity index (χ1v) is 10.9. The molecular formula is C25H27F3N6O. The summed E-state index contributed by atoms with van der Waals surface area (Å²) >= 11 is 0. The van der Waals surface area contributed by atoms with Crippen LogP contribution >= 0.6 is 0 Å². The fourth-order valence-electron chi connectivity index (χ4n) is 3.46. The van der Waals surface area contributed by atoms with Crippen molar-refractivity contribution in [2.24, 2.45) is 5.73 Å². The summed E-state index contributed by atoms with van der Waals surface area (Å²) < 4.78 is 40.0. The maximum atomic E-state index is 13.3. The van der Waals surface area contributed by atoms with Crippen LogP contribution in [0, 0.1) is 5.41 Å². The van der Waals surface area contributed by atoms with E-state index >= 15 is 0 Å². The Morgan fingerprint density at radius 1 is 1.09 bits per heavy atom. The van der Waals surface area contributed by atoms with Crippen LogP contribution in [0.15, 0.2) is 54.6 Å². The zero-order valence-electron chi connectivity index (χ0n) is 19.3. The maximum absolute atomic E-state index is 13.3. The molecular weight excluding hydrogens is 457 g/mol. The summed E-state index contributed by atoms with van der Waals surface area (Å²) in [6, 6.07) is 13.5. The van der Waals surface area contributed by atoms with Gasteiger partial charge in [0.2, 0.25) is 5.91 Å². The van der Waals surface area contributed by atoms with Crippen molar-refractivity contribution in [1.29, 1.82) is 5.41 Å². The van der Waals surface area contributed by atoms with Crippen molar-refractivity contribution in [3.8, 4) is 11.1 Å². The van der Waals surface area contributed by atoms with Crippen LogP contribution in [0.2, 0.25) is 0 Å². The Balaban J connectivity index is 1.87. The van der Waals surface area contributed by atoms with E-state index in [1.807, 2.05) is 13.8 Å².